The van der Waals surface area contributed by atoms with E-state index in [2.05, 4.69) is 0 Å². The van der Waals surface area contributed by atoms with Crippen molar-refractivity contribution in [3.05, 3.63) is 65.2 Å². The maximum absolute atomic E-state index is 13.7. The first kappa shape index (κ1) is 14.5. The number of nitrogens with zero attached hydrogens (tertiary/aromatic N) is 1. The number of halogens is 2. The third kappa shape index (κ3) is 3.54. The van der Waals surface area contributed by atoms with Crippen LogP contribution >= 0.6 is 0 Å². The molecule has 2 aromatic carbocycles. The molecule has 2 rings (SSSR count). The minimum absolute atomic E-state index is 0.356. The predicted octanol–water partition coefficient (Wildman–Crippen LogP) is 3.57. The summed E-state index contributed by atoms with van der Waals surface area (Å²) < 4.78 is 26.9. The normalized spacial score (nSPS) is 11.0. The molecule has 0 radical (unpaired) electrons. The maximum Gasteiger partial charge on any atom is 0.127 e. The zero-order valence-electron chi connectivity index (χ0n) is 11.4. The molecule has 0 aliphatic carbocycles. The van der Waals surface area contributed by atoms with Gasteiger partial charge < -0.3 is 5.73 Å². The highest BCUT2D eigenvalue weighted by atomic mass is 19.1. The number of rotatable bonds is 5. The minimum atomic E-state index is -0.420. The zero-order chi connectivity index (χ0) is 14.5. The largest absolute Gasteiger partial charge is 0.398 e. The fourth-order valence-electron chi connectivity index (χ4n) is 2.10. The summed E-state index contributed by atoms with van der Waals surface area (Å²) in [5.74, 6) is -0.803. The first-order valence-corrected chi connectivity index (χ1v) is 6.59. The van der Waals surface area contributed by atoms with Gasteiger partial charge in [0.15, 0.2) is 0 Å². The lowest BCUT2D eigenvalue weighted by molar-refractivity contribution is 0.267. The average Bonchev–Trinajstić information content (AvgIpc) is 2.44. The SMILES string of the molecule is CCN(Cc1ccccc1N)Cc1cc(F)ccc1F. The lowest BCUT2D eigenvalue weighted by Gasteiger charge is -2.21. The molecule has 20 heavy (non-hydrogen) atoms. The Morgan fingerprint density at radius 1 is 1.00 bits per heavy atom. The fourth-order valence-corrected chi connectivity index (χ4v) is 2.10. The van der Waals surface area contributed by atoms with Crippen molar-refractivity contribution in [3.63, 3.8) is 0 Å². The number of hydrogen-bond acceptors (Lipinski definition) is 2. The summed E-state index contributed by atoms with van der Waals surface area (Å²) in [5, 5.41) is 0. The molecule has 0 heterocycles. The van der Waals surface area contributed by atoms with Gasteiger partial charge in [0.2, 0.25) is 0 Å². The molecular formula is C16H18F2N2. The first-order valence-electron chi connectivity index (χ1n) is 6.59. The Hall–Kier alpha value is -1.94. The second kappa shape index (κ2) is 6.48. The van der Waals surface area contributed by atoms with E-state index in [0.717, 1.165) is 24.2 Å². The van der Waals surface area contributed by atoms with Gasteiger partial charge in [-0.25, -0.2) is 8.78 Å². The molecule has 0 bridgehead atoms. The van der Waals surface area contributed by atoms with Crippen LogP contribution in [-0.4, -0.2) is 11.4 Å². The molecule has 0 aliphatic heterocycles. The van der Waals surface area contributed by atoms with Crippen LogP contribution in [0.1, 0.15) is 18.1 Å². The third-order valence-electron chi connectivity index (χ3n) is 3.30. The van der Waals surface area contributed by atoms with Gasteiger partial charge in [0.1, 0.15) is 11.6 Å². The van der Waals surface area contributed by atoms with E-state index in [1.165, 1.54) is 6.07 Å². The molecule has 2 N–H and O–H groups in total. The minimum Gasteiger partial charge on any atom is -0.398 e. The highest BCUT2D eigenvalue weighted by Gasteiger charge is 2.10. The van der Waals surface area contributed by atoms with Gasteiger partial charge in [0.05, 0.1) is 0 Å². The molecule has 0 aromatic heterocycles. The van der Waals surface area contributed by atoms with Crippen molar-refractivity contribution in [1.29, 1.82) is 0 Å². The average molecular weight is 276 g/mol. The maximum atomic E-state index is 13.7. The molecule has 0 fully saturated rings. The van der Waals surface area contributed by atoms with Crippen LogP contribution in [0, 0.1) is 11.6 Å². The van der Waals surface area contributed by atoms with E-state index >= 15 is 0 Å². The molecule has 0 spiro atoms. The van der Waals surface area contributed by atoms with E-state index in [-0.39, 0.29) is 5.82 Å². The molecule has 0 unspecified atom stereocenters. The van der Waals surface area contributed by atoms with E-state index in [0.29, 0.717) is 24.3 Å². The summed E-state index contributed by atoms with van der Waals surface area (Å²) in [6.07, 6.45) is 0. The van der Waals surface area contributed by atoms with E-state index in [4.69, 9.17) is 5.73 Å². The van der Waals surface area contributed by atoms with Crippen molar-refractivity contribution in [2.75, 3.05) is 12.3 Å². The monoisotopic (exact) mass is 276 g/mol. The van der Waals surface area contributed by atoms with E-state index in [1.807, 2.05) is 36.1 Å². The van der Waals surface area contributed by atoms with E-state index < -0.39 is 5.82 Å². The van der Waals surface area contributed by atoms with Gasteiger partial charge in [-0.15, -0.1) is 0 Å². The summed E-state index contributed by atoms with van der Waals surface area (Å²) in [6, 6.07) is 11.1. The topological polar surface area (TPSA) is 29.3 Å². The first-order chi connectivity index (χ1) is 9.60. The van der Waals surface area contributed by atoms with Crippen molar-refractivity contribution in [3.8, 4) is 0 Å². The molecule has 106 valence electrons. The number of hydrogen-bond donors (Lipinski definition) is 1. The van der Waals surface area contributed by atoms with Crippen LogP contribution in [0.25, 0.3) is 0 Å². The molecule has 0 saturated heterocycles. The van der Waals surface area contributed by atoms with Crippen LogP contribution in [0.3, 0.4) is 0 Å². The van der Waals surface area contributed by atoms with Crippen molar-refractivity contribution in [1.82, 2.24) is 4.90 Å². The molecule has 2 aromatic rings. The number of benzene rings is 2. The molecule has 0 saturated carbocycles. The van der Waals surface area contributed by atoms with Crippen molar-refractivity contribution >= 4 is 5.69 Å². The van der Waals surface area contributed by atoms with Crippen LogP contribution in [0.4, 0.5) is 14.5 Å². The second-order valence-electron chi connectivity index (χ2n) is 4.74. The molecule has 0 atom stereocenters. The summed E-state index contributed by atoms with van der Waals surface area (Å²) in [4.78, 5) is 2.02. The fraction of sp³-hybridized carbons (Fsp3) is 0.250. The van der Waals surface area contributed by atoms with E-state index in [9.17, 15) is 8.78 Å². The van der Waals surface area contributed by atoms with Crippen molar-refractivity contribution in [2.24, 2.45) is 0 Å². The van der Waals surface area contributed by atoms with Gasteiger partial charge in [-0.1, -0.05) is 25.1 Å². The van der Waals surface area contributed by atoms with Crippen LogP contribution < -0.4 is 5.73 Å². The summed E-state index contributed by atoms with van der Waals surface area (Å²) in [5.41, 5.74) is 7.98. The number of nitrogen functional groups attached to an aromatic ring is 1. The number of para-hydroxylation sites is 1. The zero-order valence-corrected chi connectivity index (χ0v) is 11.4. The number of nitrogens with two attached hydrogens (primary N) is 1. The van der Waals surface area contributed by atoms with E-state index in [1.54, 1.807) is 0 Å². The van der Waals surface area contributed by atoms with Crippen molar-refractivity contribution in [2.45, 2.75) is 20.0 Å². The Labute approximate surface area is 117 Å². The van der Waals surface area contributed by atoms with Gasteiger partial charge in [-0.2, -0.15) is 0 Å². The Balaban J connectivity index is 2.13. The molecule has 4 heteroatoms. The lowest BCUT2D eigenvalue weighted by Crippen LogP contribution is -2.23. The van der Waals surface area contributed by atoms with Crippen LogP contribution in [0.15, 0.2) is 42.5 Å². The summed E-state index contributed by atoms with van der Waals surface area (Å²) in [7, 11) is 0. The molecular weight excluding hydrogens is 258 g/mol. The summed E-state index contributed by atoms with van der Waals surface area (Å²) >= 11 is 0. The van der Waals surface area contributed by atoms with Gasteiger partial charge in [-0.05, 0) is 36.4 Å². The Bertz CT molecular complexity index is 584. The second-order valence-corrected chi connectivity index (χ2v) is 4.74. The molecule has 2 nitrogen and oxygen atoms in total. The molecule has 0 aliphatic rings. The van der Waals surface area contributed by atoms with Gasteiger partial charge in [0, 0.05) is 24.3 Å². The Kier molecular flexibility index (Phi) is 4.69. The smallest absolute Gasteiger partial charge is 0.127 e. The van der Waals surface area contributed by atoms with Gasteiger partial charge in [0.25, 0.3) is 0 Å². The van der Waals surface area contributed by atoms with Crippen LogP contribution in [0.2, 0.25) is 0 Å². The number of anilines is 1. The highest BCUT2D eigenvalue weighted by Crippen LogP contribution is 2.17. The van der Waals surface area contributed by atoms with Crippen LogP contribution in [0.5, 0.6) is 0 Å². The third-order valence-corrected chi connectivity index (χ3v) is 3.30. The summed E-state index contributed by atoms with van der Waals surface area (Å²) in [6.45, 7) is 3.67. The molecule has 0 amide bonds. The predicted molar refractivity (Wildman–Crippen MR) is 77.0 cm³/mol. The Morgan fingerprint density at radius 3 is 2.40 bits per heavy atom. The van der Waals surface area contributed by atoms with Gasteiger partial charge >= 0.3 is 0 Å². The standard InChI is InChI=1S/C16H18F2N2/c1-2-20(10-12-5-3-4-6-16(12)19)11-13-9-14(17)7-8-15(13)18/h3-9H,2,10-11,19H2,1H3. The Morgan fingerprint density at radius 2 is 1.70 bits per heavy atom. The highest BCUT2D eigenvalue weighted by molar-refractivity contribution is 5.46. The quantitative estimate of drug-likeness (QED) is 0.846. The van der Waals surface area contributed by atoms with Crippen molar-refractivity contribution < 1.29 is 8.78 Å². The van der Waals surface area contributed by atoms with Gasteiger partial charge in [-0.3, -0.25) is 4.90 Å². The van der Waals surface area contributed by atoms with Crippen LogP contribution in [-0.2, 0) is 13.1 Å². The lowest BCUT2D eigenvalue weighted by atomic mass is 10.1.